The molecule has 5 aliphatic rings. The first-order chi connectivity index (χ1) is 14.0. The molecule has 5 fully saturated rings. The van der Waals surface area contributed by atoms with E-state index in [2.05, 4.69) is 18.7 Å². The third-order valence-electron chi connectivity index (χ3n) is 10.3. The number of carboxylic acid groups (broad SMARTS) is 1. The van der Waals surface area contributed by atoms with Gasteiger partial charge < -0.3 is 10.3 Å². The van der Waals surface area contributed by atoms with E-state index in [1.165, 1.54) is 37.7 Å². The van der Waals surface area contributed by atoms with Crippen LogP contribution in [0.15, 0.2) is 17.3 Å². The lowest BCUT2D eigenvalue weighted by Gasteiger charge is -2.58. The summed E-state index contributed by atoms with van der Waals surface area (Å²) in [5, 5.41) is 23.0. The zero-order valence-corrected chi connectivity index (χ0v) is 17.9. The Labute approximate surface area is 174 Å². The molecule has 2 N–H and O–H groups in total. The predicted octanol–water partition coefficient (Wildman–Crippen LogP) is 5.75. The number of carboxylic acids is 1. The average Bonchev–Trinajstić information content (AvgIpc) is 3.14. The zero-order chi connectivity index (χ0) is 20.3. The topological polar surface area (TPSA) is 69.9 Å². The average molecular weight is 400 g/mol. The van der Waals surface area contributed by atoms with Gasteiger partial charge in [-0.2, -0.15) is 0 Å². The van der Waals surface area contributed by atoms with Gasteiger partial charge in [-0.1, -0.05) is 17.3 Å². The molecular formula is C25H37NO3. The van der Waals surface area contributed by atoms with Crippen molar-refractivity contribution in [1.29, 1.82) is 0 Å². The Balaban J connectivity index is 1.41. The molecule has 0 bridgehead atoms. The summed E-state index contributed by atoms with van der Waals surface area (Å²) < 4.78 is 0. The highest BCUT2D eigenvalue weighted by Gasteiger charge is 2.62. The van der Waals surface area contributed by atoms with Crippen LogP contribution in [0.3, 0.4) is 0 Å². The molecule has 5 aliphatic carbocycles. The van der Waals surface area contributed by atoms with Crippen LogP contribution in [0.1, 0.15) is 77.6 Å². The molecule has 0 aromatic rings. The van der Waals surface area contributed by atoms with E-state index in [-0.39, 0.29) is 0 Å². The van der Waals surface area contributed by atoms with Crippen molar-refractivity contribution in [1.82, 2.24) is 0 Å². The van der Waals surface area contributed by atoms with Crippen LogP contribution >= 0.6 is 0 Å². The fraction of sp³-hybridized carbons (Fsp3) is 0.840. The predicted molar refractivity (Wildman–Crippen MR) is 113 cm³/mol. The minimum absolute atomic E-state index is 0.314. The Morgan fingerprint density at radius 2 is 1.62 bits per heavy atom. The maximum absolute atomic E-state index is 12.5. The summed E-state index contributed by atoms with van der Waals surface area (Å²) in [6.07, 6.45) is 12.1. The number of rotatable bonds is 2. The van der Waals surface area contributed by atoms with Crippen molar-refractivity contribution in [2.24, 2.45) is 57.9 Å². The summed E-state index contributed by atoms with van der Waals surface area (Å²) >= 11 is 0. The minimum atomic E-state index is -0.529. The Morgan fingerprint density at radius 1 is 0.966 bits per heavy atom. The van der Waals surface area contributed by atoms with Gasteiger partial charge in [0, 0.05) is 0 Å². The molecule has 0 aromatic carbocycles. The number of aliphatic carboxylic acids is 1. The SMILES string of the molecule is C=C(C)[C@@H]1CCC2(C(=O)O)CC[C@@H]3C(CCC4[C@H]5CC/C(=N\O)CC5CC[C@H]43)C12. The molecule has 0 heterocycles. The maximum atomic E-state index is 12.5. The molecule has 0 spiro atoms. The highest BCUT2D eigenvalue weighted by molar-refractivity contribution is 5.84. The first-order valence-corrected chi connectivity index (χ1v) is 12.0. The van der Waals surface area contributed by atoms with Crippen molar-refractivity contribution in [3.05, 3.63) is 12.2 Å². The van der Waals surface area contributed by atoms with Crippen molar-refractivity contribution in [3.8, 4) is 0 Å². The van der Waals surface area contributed by atoms with E-state index in [0.29, 0.717) is 23.7 Å². The normalized spacial score (nSPS) is 50.2. The Kier molecular flexibility index (Phi) is 4.83. The van der Waals surface area contributed by atoms with Crippen molar-refractivity contribution in [3.63, 3.8) is 0 Å². The van der Waals surface area contributed by atoms with Gasteiger partial charge in [0.05, 0.1) is 11.1 Å². The summed E-state index contributed by atoms with van der Waals surface area (Å²) in [4.78, 5) is 12.5. The molecule has 160 valence electrons. The summed E-state index contributed by atoms with van der Waals surface area (Å²) in [5.74, 6) is 4.62. The number of fused-ring (bicyclic) bond motifs is 7. The smallest absolute Gasteiger partial charge is 0.309 e. The van der Waals surface area contributed by atoms with E-state index in [1.807, 2.05) is 0 Å². The van der Waals surface area contributed by atoms with Crippen LogP contribution in [-0.2, 0) is 4.79 Å². The lowest BCUT2D eigenvalue weighted by atomic mass is 9.46. The summed E-state index contributed by atoms with van der Waals surface area (Å²) in [5.41, 5.74) is 1.75. The van der Waals surface area contributed by atoms with Crippen molar-refractivity contribution in [2.75, 3.05) is 0 Å². The molecule has 0 aromatic heterocycles. The van der Waals surface area contributed by atoms with Crippen LogP contribution < -0.4 is 0 Å². The van der Waals surface area contributed by atoms with Crippen LogP contribution in [-0.4, -0.2) is 22.0 Å². The molecule has 9 atom stereocenters. The van der Waals surface area contributed by atoms with E-state index < -0.39 is 11.4 Å². The first-order valence-electron chi connectivity index (χ1n) is 12.0. The van der Waals surface area contributed by atoms with Gasteiger partial charge >= 0.3 is 5.97 Å². The van der Waals surface area contributed by atoms with Gasteiger partial charge in [-0.15, -0.1) is 0 Å². The molecule has 0 amide bonds. The molecule has 29 heavy (non-hydrogen) atoms. The number of allylic oxidation sites excluding steroid dienone is 1. The van der Waals surface area contributed by atoms with Gasteiger partial charge in [0.1, 0.15) is 0 Å². The molecule has 5 rings (SSSR count). The lowest BCUT2D eigenvalue weighted by Crippen LogP contribution is -2.53. The van der Waals surface area contributed by atoms with Crippen molar-refractivity contribution < 1.29 is 15.1 Å². The fourth-order valence-corrected chi connectivity index (χ4v) is 9.26. The maximum Gasteiger partial charge on any atom is 0.309 e. The fourth-order valence-electron chi connectivity index (χ4n) is 9.26. The van der Waals surface area contributed by atoms with Crippen molar-refractivity contribution in [2.45, 2.75) is 77.6 Å². The summed E-state index contributed by atoms with van der Waals surface area (Å²) in [6.45, 7) is 6.41. The molecule has 5 unspecified atom stereocenters. The Morgan fingerprint density at radius 3 is 2.34 bits per heavy atom. The van der Waals surface area contributed by atoms with Crippen LogP contribution in [0.5, 0.6) is 0 Å². The van der Waals surface area contributed by atoms with E-state index in [0.717, 1.165) is 67.9 Å². The van der Waals surface area contributed by atoms with E-state index in [1.54, 1.807) is 0 Å². The number of carbonyl (C=O) groups is 1. The van der Waals surface area contributed by atoms with Gasteiger partial charge in [-0.25, -0.2) is 0 Å². The van der Waals surface area contributed by atoms with E-state index in [9.17, 15) is 15.1 Å². The molecule has 5 saturated carbocycles. The second-order valence-electron chi connectivity index (χ2n) is 11.2. The monoisotopic (exact) mass is 399 g/mol. The number of oxime groups is 1. The van der Waals surface area contributed by atoms with E-state index in [4.69, 9.17) is 0 Å². The van der Waals surface area contributed by atoms with Crippen LogP contribution in [0.2, 0.25) is 0 Å². The minimum Gasteiger partial charge on any atom is -0.481 e. The molecule has 0 radical (unpaired) electrons. The molecule has 4 heteroatoms. The quantitative estimate of drug-likeness (QED) is 0.353. The number of hydrogen-bond acceptors (Lipinski definition) is 3. The van der Waals surface area contributed by atoms with Gasteiger partial charge in [-0.3, -0.25) is 4.79 Å². The number of nitrogens with zero attached hydrogens (tertiary/aromatic N) is 1. The third kappa shape index (κ3) is 2.84. The van der Waals surface area contributed by atoms with Gasteiger partial charge in [0.15, 0.2) is 0 Å². The zero-order valence-electron chi connectivity index (χ0n) is 17.9. The molecule has 4 nitrogen and oxygen atoms in total. The van der Waals surface area contributed by atoms with Crippen molar-refractivity contribution >= 4 is 11.7 Å². The van der Waals surface area contributed by atoms with Crippen LogP contribution in [0.25, 0.3) is 0 Å². The number of hydrogen-bond donors (Lipinski definition) is 2. The van der Waals surface area contributed by atoms with Gasteiger partial charge in [-0.05, 0) is 125 Å². The van der Waals surface area contributed by atoms with Crippen LogP contribution in [0, 0.1) is 52.8 Å². The van der Waals surface area contributed by atoms with Gasteiger partial charge in [0.25, 0.3) is 0 Å². The third-order valence-corrected chi connectivity index (χ3v) is 10.3. The Bertz CT molecular complexity index is 730. The standard InChI is InChI=1S/C25H37NO3/c1-14(2)17-9-11-25(24(27)28)12-10-21-20-5-3-15-13-16(26-29)4-6-18(15)19(20)7-8-22(21)23(17)25/h15,17-23,29H,1,3-13H2,2H3,(H,27,28)/b26-16+/t15?,17-,18-,19?,20+,21-,22?,23?,25?/m0/s1. The highest BCUT2D eigenvalue weighted by Crippen LogP contribution is 2.66. The lowest BCUT2D eigenvalue weighted by molar-refractivity contribution is -0.163. The summed E-state index contributed by atoms with van der Waals surface area (Å²) in [6, 6.07) is 0. The first kappa shape index (κ1) is 19.6. The second kappa shape index (κ2) is 7.13. The Hall–Kier alpha value is -1.32. The van der Waals surface area contributed by atoms with Crippen LogP contribution in [0.4, 0.5) is 0 Å². The molecular weight excluding hydrogens is 362 g/mol. The summed E-state index contributed by atoms with van der Waals surface area (Å²) in [7, 11) is 0. The van der Waals surface area contributed by atoms with Gasteiger partial charge in [0.2, 0.25) is 0 Å². The molecule has 0 aliphatic heterocycles. The molecule has 0 saturated heterocycles. The highest BCUT2D eigenvalue weighted by atomic mass is 16.4. The largest absolute Gasteiger partial charge is 0.481 e. The van der Waals surface area contributed by atoms with E-state index >= 15 is 0 Å². The second-order valence-corrected chi connectivity index (χ2v) is 11.2.